The van der Waals surface area contributed by atoms with E-state index in [2.05, 4.69) is 15.2 Å². The van der Waals surface area contributed by atoms with Crippen LogP contribution in [0.1, 0.15) is 57.8 Å². The maximum absolute atomic E-state index is 11.6. The van der Waals surface area contributed by atoms with Crippen LogP contribution in [0, 0.1) is 11.8 Å². The van der Waals surface area contributed by atoms with Crippen LogP contribution in [0.3, 0.4) is 0 Å². The van der Waals surface area contributed by atoms with Gasteiger partial charge in [0.2, 0.25) is 0 Å². The lowest BCUT2D eigenvalue weighted by molar-refractivity contribution is -0.146. The first-order valence-corrected chi connectivity index (χ1v) is 9.28. The van der Waals surface area contributed by atoms with E-state index in [1.807, 2.05) is 7.05 Å². The van der Waals surface area contributed by atoms with Gasteiger partial charge < -0.3 is 15.0 Å². The van der Waals surface area contributed by atoms with Crippen molar-refractivity contribution in [2.45, 2.75) is 57.8 Å². The zero-order valence-corrected chi connectivity index (χ0v) is 14.9. The maximum atomic E-state index is 11.6. The first-order valence-electron chi connectivity index (χ1n) is 9.28. The van der Waals surface area contributed by atoms with Gasteiger partial charge in [-0.05, 0) is 25.2 Å². The molecule has 0 aromatic rings. The molecule has 0 aromatic heterocycles. The number of hydrogen-bond donors (Lipinski definition) is 1. The molecule has 2 rings (SSSR count). The number of hydrogen-bond acceptors (Lipinski definition) is 3. The van der Waals surface area contributed by atoms with Crippen molar-refractivity contribution in [1.82, 2.24) is 10.2 Å². The average Bonchev–Trinajstić information content (AvgIpc) is 3.11. The normalized spacial score (nSPS) is 20.8. The monoisotopic (exact) mass is 323 g/mol. The van der Waals surface area contributed by atoms with Gasteiger partial charge in [-0.2, -0.15) is 0 Å². The summed E-state index contributed by atoms with van der Waals surface area (Å²) in [5.74, 6) is 1.96. The summed E-state index contributed by atoms with van der Waals surface area (Å²) in [6.45, 7) is 2.75. The highest BCUT2D eigenvalue weighted by Gasteiger charge is 2.26. The number of guanidine groups is 1. The van der Waals surface area contributed by atoms with Crippen molar-refractivity contribution < 1.29 is 9.53 Å². The third kappa shape index (κ3) is 5.70. The van der Waals surface area contributed by atoms with Crippen molar-refractivity contribution in [3.05, 3.63) is 0 Å². The highest BCUT2D eigenvalue weighted by Crippen LogP contribution is 2.28. The van der Waals surface area contributed by atoms with E-state index in [1.54, 1.807) is 0 Å². The second-order valence-electron chi connectivity index (χ2n) is 6.90. The lowest BCUT2D eigenvalue weighted by Crippen LogP contribution is -2.46. The molecule has 1 aliphatic carbocycles. The molecule has 1 aliphatic heterocycles. The molecule has 0 aromatic carbocycles. The number of piperidine rings is 1. The topological polar surface area (TPSA) is 53.9 Å². The Kier molecular flexibility index (Phi) is 7.69. The summed E-state index contributed by atoms with van der Waals surface area (Å²) in [6, 6.07) is 0. The molecule has 2 fully saturated rings. The zero-order valence-electron chi connectivity index (χ0n) is 14.9. The average molecular weight is 323 g/mol. The van der Waals surface area contributed by atoms with Gasteiger partial charge in [0.1, 0.15) is 0 Å². The SMILES string of the molecule is CN=C(NCCCCC1CCCC1)N1CCC(C(=O)OC)CC1. The van der Waals surface area contributed by atoms with Crippen molar-refractivity contribution in [3.8, 4) is 0 Å². The van der Waals surface area contributed by atoms with Gasteiger partial charge in [-0.1, -0.05) is 38.5 Å². The van der Waals surface area contributed by atoms with Gasteiger partial charge in [0.15, 0.2) is 5.96 Å². The Labute approximate surface area is 140 Å². The van der Waals surface area contributed by atoms with Crippen molar-refractivity contribution in [1.29, 1.82) is 0 Å². The van der Waals surface area contributed by atoms with E-state index < -0.39 is 0 Å². The van der Waals surface area contributed by atoms with Gasteiger partial charge in [-0.15, -0.1) is 0 Å². The van der Waals surface area contributed by atoms with Crippen molar-refractivity contribution in [2.24, 2.45) is 16.8 Å². The Balaban J connectivity index is 1.60. The molecule has 0 bridgehead atoms. The van der Waals surface area contributed by atoms with Crippen LogP contribution >= 0.6 is 0 Å². The highest BCUT2D eigenvalue weighted by molar-refractivity contribution is 5.80. The van der Waals surface area contributed by atoms with Gasteiger partial charge >= 0.3 is 5.97 Å². The molecule has 5 nitrogen and oxygen atoms in total. The molecule has 0 radical (unpaired) electrons. The summed E-state index contributed by atoms with van der Waals surface area (Å²) < 4.78 is 4.84. The Morgan fingerprint density at radius 2 is 1.87 bits per heavy atom. The van der Waals surface area contributed by atoms with Crippen LogP contribution in [-0.4, -0.2) is 50.6 Å². The van der Waals surface area contributed by atoms with Gasteiger partial charge in [-0.25, -0.2) is 0 Å². The van der Waals surface area contributed by atoms with Crippen LogP contribution in [0.5, 0.6) is 0 Å². The number of nitrogens with one attached hydrogen (secondary N) is 1. The second kappa shape index (κ2) is 9.78. The first kappa shape index (κ1) is 18.1. The predicted molar refractivity (Wildman–Crippen MR) is 93.5 cm³/mol. The van der Waals surface area contributed by atoms with Crippen molar-refractivity contribution in [2.75, 3.05) is 33.8 Å². The summed E-state index contributed by atoms with van der Waals surface area (Å²) in [5, 5.41) is 3.48. The maximum Gasteiger partial charge on any atom is 0.308 e. The Morgan fingerprint density at radius 3 is 2.48 bits per heavy atom. The minimum absolute atomic E-state index is 0.0563. The van der Waals surface area contributed by atoms with Crippen molar-refractivity contribution in [3.63, 3.8) is 0 Å². The van der Waals surface area contributed by atoms with E-state index >= 15 is 0 Å². The minimum atomic E-state index is -0.0699. The third-order valence-corrected chi connectivity index (χ3v) is 5.34. The van der Waals surface area contributed by atoms with Crippen LogP contribution in [-0.2, 0) is 9.53 Å². The van der Waals surface area contributed by atoms with Crippen molar-refractivity contribution >= 4 is 11.9 Å². The molecule has 5 heteroatoms. The summed E-state index contributed by atoms with van der Waals surface area (Å²) in [6.07, 6.45) is 11.4. The quantitative estimate of drug-likeness (QED) is 0.353. The second-order valence-corrected chi connectivity index (χ2v) is 6.90. The van der Waals surface area contributed by atoms with E-state index in [-0.39, 0.29) is 11.9 Å². The molecule has 0 atom stereocenters. The molecule has 0 unspecified atom stereocenters. The van der Waals surface area contributed by atoms with E-state index in [9.17, 15) is 4.79 Å². The summed E-state index contributed by atoms with van der Waals surface area (Å²) >= 11 is 0. The number of carbonyl (C=O) groups is 1. The van der Waals surface area contributed by atoms with E-state index in [0.717, 1.165) is 44.4 Å². The smallest absolute Gasteiger partial charge is 0.308 e. The summed E-state index contributed by atoms with van der Waals surface area (Å²) in [7, 11) is 3.31. The number of esters is 1. The molecule has 132 valence electrons. The van der Waals surface area contributed by atoms with E-state index in [0.29, 0.717) is 0 Å². The standard InChI is InChI=1S/C18H33N3O2/c1-19-18(20-12-6-5-9-15-7-3-4-8-15)21-13-10-16(11-14-21)17(22)23-2/h15-16H,3-14H2,1-2H3,(H,19,20). The summed E-state index contributed by atoms with van der Waals surface area (Å²) in [5.41, 5.74) is 0. The molecule has 1 heterocycles. The first-order chi connectivity index (χ1) is 11.2. The number of methoxy groups -OCH3 is 1. The highest BCUT2D eigenvalue weighted by atomic mass is 16.5. The molecule has 1 saturated carbocycles. The van der Waals surface area contributed by atoms with Gasteiger partial charge in [-0.3, -0.25) is 9.79 Å². The van der Waals surface area contributed by atoms with Gasteiger partial charge in [0, 0.05) is 26.7 Å². The predicted octanol–water partition coefficient (Wildman–Crippen LogP) is 2.81. The Bertz CT molecular complexity index is 384. The number of likely N-dealkylation sites (tertiary alicyclic amines) is 1. The number of nitrogens with zero attached hydrogens (tertiary/aromatic N) is 2. The molecular weight excluding hydrogens is 290 g/mol. The number of carbonyl (C=O) groups excluding carboxylic acids is 1. The van der Waals surface area contributed by atoms with E-state index in [4.69, 9.17) is 4.74 Å². The molecule has 1 saturated heterocycles. The largest absolute Gasteiger partial charge is 0.469 e. The molecule has 0 amide bonds. The number of unbranched alkanes of at least 4 members (excludes halogenated alkanes) is 1. The summed E-state index contributed by atoms with van der Waals surface area (Å²) in [4.78, 5) is 18.2. The zero-order chi connectivity index (χ0) is 16.5. The Morgan fingerprint density at radius 1 is 1.17 bits per heavy atom. The fourth-order valence-corrected chi connectivity index (χ4v) is 3.88. The lowest BCUT2D eigenvalue weighted by atomic mass is 9.97. The molecule has 0 spiro atoms. The molecule has 1 N–H and O–H groups in total. The fraction of sp³-hybridized carbons (Fsp3) is 0.889. The van der Waals surface area contributed by atoms with E-state index in [1.165, 1.54) is 52.1 Å². The Hall–Kier alpha value is -1.26. The van der Waals surface area contributed by atoms with Crippen LogP contribution in [0.2, 0.25) is 0 Å². The fourth-order valence-electron chi connectivity index (χ4n) is 3.88. The number of ether oxygens (including phenoxy) is 1. The van der Waals surface area contributed by atoms with Crippen LogP contribution in [0.25, 0.3) is 0 Å². The number of rotatable bonds is 6. The number of aliphatic imine (C=N–C) groups is 1. The van der Waals surface area contributed by atoms with Gasteiger partial charge in [0.05, 0.1) is 13.0 Å². The van der Waals surface area contributed by atoms with Crippen LogP contribution in [0.4, 0.5) is 0 Å². The molecular formula is C18H33N3O2. The van der Waals surface area contributed by atoms with Crippen LogP contribution in [0.15, 0.2) is 4.99 Å². The third-order valence-electron chi connectivity index (χ3n) is 5.34. The minimum Gasteiger partial charge on any atom is -0.469 e. The van der Waals surface area contributed by atoms with Gasteiger partial charge in [0.25, 0.3) is 0 Å². The molecule has 2 aliphatic rings. The lowest BCUT2D eigenvalue weighted by Gasteiger charge is -2.33. The van der Waals surface area contributed by atoms with Crippen LogP contribution < -0.4 is 5.32 Å². The molecule has 23 heavy (non-hydrogen) atoms.